The first-order chi connectivity index (χ1) is 10.3. The molecule has 2 aromatic heterocycles. The summed E-state index contributed by atoms with van der Waals surface area (Å²) in [6.45, 7) is 0.853. The molecule has 5 heteroatoms. The van der Waals surface area contributed by atoms with Gasteiger partial charge in [0.05, 0.1) is 6.20 Å². The number of hydrogen-bond acceptors (Lipinski definition) is 5. The molecule has 1 saturated carbocycles. The fourth-order valence-electron chi connectivity index (χ4n) is 2.76. The van der Waals surface area contributed by atoms with E-state index >= 15 is 0 Å². The molecule has 2 N–H and O–H groups in total. The first-order valence-corrected chi connectivity index (χ1v) is 7.54. The zero-order chi connectivity index (χ0) is 14.5. The molecule has 0 aromatic carbocycles. The van der Waals surface area contributed by atoms with E-state index < -0.39 is 0 Å². The summed E-state index contributed by atoms with van der Waals surface area (Å²) in [4.78, 5) is 12.8. The molecule has 1 aliphatic carbocycles. The van der Waals surface area contributed by atoms with Gasteiger partial charge in [0.2, 0.25) is 0 Å². The molecule has 0 radical (unpaired) electrons. The van der Waals surface area contributed by atoms with Crippen molar-refractivity contribution in [2.24, 2.45) is 5.92 Å². The Morgan fingerprint density at radius 1 is 1.14 bits per heavy atom. The monoisotopic (exact) mass is 284 g/mol. The van der Waals surface area contributed by atoms with Crippen LogP contribution in [0.1, 0.15) is 32.1 Å². The molecule has 0 aliphatic heterocycles. The molecule has 1 aliphatic rings. The number of anilines is 1. The van der Waals surface area contributed by atoms with Crippen molar-refractivity contribution in [2.45, 2.75) is 32.1 Å². The van der Waals surface area contributed by atoms with Crippen molar-refractivity contribution in [1.29, 1.82) is 0 Å². The van der Waals surface area contributed by atoms with Gasteiger partial charge in [-0.05, 0) is 30.9 Å². The third-order valence-electron chi connectivity index (χ3n) is 3.95. The summed E-state index contributed by atoms with van der Waals surface area (Å²) in [5.41, 5.74) is 0.707. The number of hydrogen-bond donors (Lipinski definition) is 2. The topological polar surface area (TPSA) is 70.9 Å². The molecule has 1 fully saturated rings. The highest BCUT2D eigenvalue weighted by atomic mass is 16.3. The number of nitrogens with zero attached hydrogens (tertiary/aromatic N) is 3. The Bertz CT molecular complexity index is 582. The lowest BCUT2D eigenvalue weighted by atomic mass is 9.89. The van der Waals surface area contributed by atoms with Crippen LogP contribution in [0.25, 0.3) is 11.5 Å². The Morgan fingerprint density at radius 2 is 2.00 bits per heavy atom. The molecule has 5 nitrogen and oxygen atoms in total. The van der Waals surface area contributed by atoms with E-state index in [1.54, 1.807) is 6.20 Å². The Labute approximate surface area is 124 Å². The van der Waals surface area contributed by atoms with E-state index in [9.17, 15) is 5.11 Å². The van der Waals surface area contributed by atoms with Crippen LogP contribution in [-0.4, -0.2) is 26.6 Å². The van der Waals surface area contributed by atoms with E-state index in [0.717, 1.165) is 6.54 Å². The Morgan fingerprint density at radius 3 is 2.76 bits per heavy atom. The van der Waals surface area contributed by atoms with Crippen molar-refractivity contribution in [3.8, 4) is 17.3 Å². The Hall–Kier alpha value is -2.17. The van der Waals surface area contributed by atoms with Gasteiger partial charge in [0.25, 0.3) is 0 Å². The van der Waals surface area contributed by atoms with Crippen LogP contribution in [0.3, 0.4) is 0 Å². The average Bonchev–Trinajstić information content (AvgIpc) is 2.56. The second-order valence-corrected chi connectivity index (χ2v) is 5.53. The van der Waals surface area contributed by atoms with Crippen LogP contribution >= 0.6 is 0 Å². The van der Waals surface area contributed by atoms with Crippen LogP contribution in [0.15, 0.2) is 30.6 Å². The van der Waals surface area contributed by atoms with Crippen molar-refractivity contribution < 1.29 is 5.11 Å². The second kappa shape index (κ2) is 6.52. The lowest BCUT2D eigenvalue weighted by Crippen LogP contribution is -2.17. The average molecular weight is 284 g/mol. The third-order valence-corrected chi connectivity index (χ3v) is 3.95. The van der Waals surface area contributed by atoms with Gasteiger partial charge in [-0.2, -0.15) is 0 Å². The molecule has 2 aromatic rings. The van der Waals surface area contributed by atoms with Crippen LogP contribution in [-0.2, 0) is 0 Å². The van der Waals surface area contributed by atoms with E-state index in [4.69, 9.17) is 0 Å². The van der Waals surface area contributed by atoms with Crippen LogP contribution < -0.4 is 5.32 Å². The molecule has 110 valence electrons. The van der Waals surface area contributed by atoms with Gasteiger partial charge in [-0.15, -0.1) is 0 Å². The van der Waals surface area contributed by atoms with Gasteiger partial charge in [0.1, 0.15) is 5.69 Å². The molecule has 21 heavy (non-hydrogen) atoms. The van der Waals surface area contributed by atoms with Gasteiger partial charge in [-0.1, -0.05) is 25.3 Å². The highest BCUT2D eigenvalue weighted by molar-refractivity contribution is 5.56. The third kappa shape index (κ3) is 3.48. The smallest absolute Gasteiger partial charge is 0.180 e. The molecular weight excluding hydrogens is 264 g/mol. The minimum absolute atomic E-state index is 0.0884. The van der Waals surface area contributed by atoms with Gasteiger partial charge in [-0.3, -0.25) is 4.98 Å². The van der Waals surface area contributed by atoms with E-state index in [1.165, 1.54) is 38.3 Å². The fourth-order valence-corrected chi connectivity index (χ4v) is 2.76. The van der Waals surface area contributed by atoms with Crippen molar-refractivity contribution in [3.63, 3.8) is 0 Å². The second-order valence-electron chi connectivity index (χ2n) is 5.53. The number of nitrogens with one attached hydrogen (secondary N) is 1. The van der Waals surface area contributed by atoms with Crippen molar-refractivity contribution >= 4 is 5.82 Å². The minimum atomic E-state index is 0.0884. The number of aromatic nitrogens is 3. The maximum atomic E-state index is 9.90. The van der Waals surface area contributed by atoms with Gasteiger partial charge in [-0.25, -0.2) is 9.97 Å². The van der Waals surface area contributed by atoms with Gasteiger partial charge < -0.3 is 10.4 Å². The zero-order valence-corrected chi connectivity index (χ0v) is 12.0. The van der Waals surface area contributed by atoms with Crippen molar-refractivity contribution in [2.75, 3.05) is 11.9 Å². The highest BCUT2D eigenvalue weighted by Crippen LogP contribution is 2.26. The molecule has 0 saturated heterocycles. The number of rotatable bonds is 4. The summed E-state index contributed by atoms with van der Waals surface area (Å²) < 4.78 is 0. The number of aromatic hydroxyl groups is 1. The molecule has 0 bridgehead atoms. The predicted molar refractivity (Wildman–Crippen MR) is 82.0 cm³/mol. The predicted octanol–water partition coefficient (Wildman–Crippen LogP) is 3.24. The first kappa shape index (κ1) is 13.8. The summed E-state index contributed by atoms with van der Waals surface area (Å²) in [6, 6.07) is 5.61. The standard InChI is InChI=1S/C16H20N4O/c21-14-11-19-15(13-8-4-5-9-17-13)20-16(14)18-10-12-6-2-1-3-7-12/h4-5,8-9,11-12,21H,1-3,6-7,10H2,(H,18,19,20). The van der Waals surface area contributed by atoms with Crippen LogP contribution in [0.5, 0.6) is 5.75 Å². The maximum absolute atomic E-state index is 9.90. The molecule has 2 heterocycles. The van der Waals surface area contributed by atoms with Crippen LogP contribution in [0, 0.1) is 5.92 Å². The van der Waals surface area contributed by atoms with E-state index in [0.29, 0.717) is 23.3 Å². The summed E-state index contributed by atoms with van der Waals surface area (Å²) in [6.07, 6.45) is 9.61. The zero-order valence-electron chi connectivity index (χ0n) is 12.0. The summed E-state index contributed by atoms with van der Waals surface area (Å²) in [7, 11) is 0. The van der Waals surface area contributed by atoms with Gasteiger partial charge >= 0.3 is 0 Å². The summed E-state index contributed by atoms with van der Waals surface area (Å²) in [5, 5.41) is 13.2. The Balaban J connectivity index is 1.72. The van der Waals surface area contributed by atoms with Crippen LogP contribution in [0.2, 0.25) is 0 Å². The van der Waals surface area contributed by atoms with Crippen molar-refractivity contribution in [3.05, 3.63) is 30.6 Å². The molecule has 0 atom stereocenters. The first-order valence-electron chi connectivity index (χ1n) is 7.54. The molecule has 0 spiro atoms. The van der Waals surface area contributed by atoms with Gasteiger partial charge in [0, 0.05) is 12.7 Å². The molecule has 0 unspecified atom stereocenters. The van der Waals surface area contributed by atoms with Crippen molar-refractivity contribution in [1.82, 2.24) is 15.0 Å². The van der Waals surface area contributed by atoms with Crippen LogP contribution in [0.4, 0.5) is 5.82 Å². The van der Waals surface area contributed by atoms with E-state index in [2.05, 4.69) is 20.3 Å². The SMILES string of the molecule is Oc1cnc(-c2ccccn2)nc1NCC1CCCCC1. The summed E-state index contributed by atoms with van der Waals surface area (Å²) >= 11 is 0. The van der Waals surface area contributed by atoms with Gasteiger partial charge in [0.15, 0.2) is 17.4 Å². The number of pyridine rings is 1. The molecule has 0 amide bonds. The molecule has 3 rings (SSSR count). The van der Waals surface area contributed by atoms with E-state index in [-0.39, 0.29) is 5.75 Å². The largest absolute Gasteiger partial charge is 0.503 e. The summed E-state index contributed by atoms with van der Waals surface area (Å²) in [5.74, 6) is 1.78. The lowest BCUT2D eigenvalue weighted by molar-refractivity contribution is 0.372. The fraction of sp³-hybridized carbons (Fsp3) is 0.438. The minimum Gasteiger partial charge on any atom is -0.503 e. The molecular formula is C16H20N4O. The maximum Gasteiger partial charge on any atom is 0.180 e. The lowest BCUT2D eigenvalue weighted by Gasteiger charge is -2.22. The van der Waals surface area contributed by atoms with E-state index in [1.807, 2.05) is 18.2 Å². The normalized spacial score (nSPS) is 15.8. The Kier molecular flexibility index (Phi) is 4.28. The quantitative estimate of drug-likeness (QED) is 0.902. The highest BCUT2D eigenvalue weighted by Gasteiger charge is 2.15.